The van der Waals surface area contributed by atoms with E-state index in [1.807, 2.05) is 6.92 Å². The topological polar surface area (TPSA) is 68.0 Å². The summed E-state index contributed by atoms with van der Waals surface area (Å²) in [5, 5.41) is 3.28. The third kappa shape index (κ3) is 3.21. The van der Waals surface area contributed by atoms with Gasteiger partial charge in [0.15, 0.2) is 0 Å². The number of hydrogen-bond donors (Lipinski definition) is 2. The summed E-state index contributed by atoms with van der Waals surface area (Å²) in [6.45, 7) is 1.81. The molecule has 1 aromatic heterocycles. The largest absolute Gasteiger partial charge is 0.325 e. The van der Waals surface area contributed by atoms with Gasteiger partial charge in [-0.25, -0.2) is 4.98 Å². The van der Waals surface area contributed by atoms with Gasteiger partial charge in [-0.05, 0) is 31.9 Å². The van der Waals surface area contributed by atoms with Crippen molar-refractivity contribution in [2.24, 2.45) is 5.73 Å². The lowest BCUT2D eigenvalue weighted by atomic mass is 9.94. The smallest absolute Gasteiger partial charge is 0.226 e. The van der Waals surface area contributed by atoms with Crippen molar-refractivity contribution in [3.8, 4) is 0 Å². The predicted molar refractivity (Wildman–Crippen MR) is 72.6 cm³/mol. The third-order valence-corrected chi connectivity index (χ3v) is 3.65. The first kappa shape index (κ1) is 13.3. The summed E-state index contributed by atoms with van der Waals surface area (Å²) in [4.78, 5) is 16.1. The van der Waals surface area contributed by atoms with Gasteiger partial charge in [-0.3, -0.25) is 4.79 Å². The molecule has 1 aromatic rings. The molecule has 2 rings (SSSR count). The fraction of sp³-hybridized carbons (Fsp3) is 0.538. The molecule has 1 aliphatic carbocycles. The van der Waals surface area contributed by atoms with Crippen molar-refractivity contribution in [1.82, 2.24) is 4.98 Å². The van der Waals surface area contributed by atoms with Gasteiger partial charge in [-0.2, -0.15) is 0 Å². The van der Waals surface area contributed by atoms with Crippen LogP contribution in [0.5, 0.6) is 0 Å². The molecule has 98 valence electrons. The summed E-state index contributed by atoms with van der Waals surface area (Å²) < 4.78 is 0. The molecule has 0 unspecified atom stereocenters. The van der Waals surface area contributed by atoms with E-state index in [1.165, 1.54) is 0 Å². The number of halogens is 1. The van der Waals surface area contributed by atoms with Gasteiger partial charge in [0.1, 0.15) is 5.15 Å². The highest BCUT2D eigenvalue weighted by Crippen LogP contribution is 2.30. The molecule has 0 radical (unpaired) electrons. The molecular formula is C13H18ClN3O. The van der Waals surface area contributed by atoms with E-state index in [1.54, 1.807) is 12.1 Å². The van der Waals surface area contributed by atoms with Crippen LogP contribution in [-0.2, 0) is 4.79 Å². The molecule has 4 nitrogen and oxygen atoms in total. The van der Waals surface area contributed by atoms with E-state index in [0.717, 1.165) is 25.7 Å². The summed E-state index contributed by atoms with van der Waals surface area (Å²) in [6.07, 6.45) is 4.46. The van der Waals surface area contributed by atoms with Gasteiger partial charge < -0.3 is 11.1 Å². The molecular weight excluding hydrogens is 250 g/mol. The number of anilines is 1. The maximum Gasteiger partial charge on any atom is 0.226 e. The van der Waals surface area contributed by atoms with Gasteiger partial charge in [0.25, 0.3) is 0 Å². The highest BCUT2D eigenvalue weighted by Gasteiger charge is 2.31. The quantitative estimate of drug-likeness (QED) is 0.828. The van der Waals surface area contributed by atoms with E-state index >= 15 is 0 Å². The first-order valence-corrected chi connectivity index (χ1v) is 6.58. The van der Waals surface area contributed by atoms with Gasteiger partial charge in [-0.15, -0.1) is 0 Å². The number of carbonyl (C=O) groups excluding carboxylic acids is 1. The van der Waals surface area contributed by atoms with E-state index in [-0.39, 0.29) is 11.4 Å². The highest BCUT2D eigenvalue weighted by atomic mass is 35.5. The molecule has 1 aliphatic rings. The Hall–Kier alpha value is -1.13. The number of carbonyl (C=O) groups is 1. The maximum absolute atomic E-state index is 12.0. The van der Waals surface area contributed by atoms with Crippen LogP contribution >= 0.6 is 11.6 Å². The second-order valence-electron chi connectivity index (χ2n) is 5.06. The second-order valence-corrected chi connectivity index (χ2v) is 5.45. The van der Waals surface area contributed by atoms with Gasteiger partial charge in [0.05, 0.1) is 11.4 Å². The van der Waals surface area contributed by atoms with Gasteiger partial charge in [0.2, 0.25) is 5.91 Å². The summed E-state index contributed by atoms with van der Waals surface area (Å²) in [5.41, 5.74) is 7.27. The van der Waals surface area contributed by atoms with Crippen molar-refractivity contribution < 1.29 is 4.79 Å². The van der Waals surface area contributed by atoms with Crippen molar-refractivity contribution >= 4 is 23.2 Å². The molecule has 0 bridgehead atoms. The molecule has 1 saturated carbocycles. The Labute approximate surface area is 112 Å². The van der Waals surface area contributed by atoms with Crippen molar-refractivity contribution in [2.75, 3.05) is 5.32 Å². The first-order chi connectivity index (χ1) is 8.48. The van der Waals surface area contributed by atoms with Gasteiger partial charge in [0, 0.05) is 12.0 Å². The number of nitrogens with zero attached hydrogens (tertiary/aromatic N) is 1. The Morgan fingerprint density at radius 3 is 2.78 bits per heavy atom. The van der Waals surface area contributed by atoms with Gasteiger partial charge >= 0.3 is 0 Å². The van der Waals surface area contributed by atoms with Crippen LogP contribution in [0.15, 0.2) is 12.1 Å². The lowest BCUT2D eigenvalue weighted by Gasteiger charge is -2.22. The zero-order chi connectivity index (χ0) is 13.2. The molecule has 18 heavy (non-hydrogen) atoms. The molecule has 0 spiro atoms. The number of rotatable bonds is 3. The zero-order valence-electron chi connectivity index (χ0n) is 10.5. The molecule has 0 saturated heterocycles. The predicted octanol–water partition coefficient (Wildman–Crippen LogP) is 2.64. The minimum Gasteiger partial charge on any atom is -0.325 e. The number of amides is 1. The Balaban J connectivity index is 1.98. The van der Waals surface area contributed by atoms with E-state index in [4.69, 9.17) is 17.3 Å². The van der Waals surface area contributed by atoms with E-state index in [0.29, 0.717) is 23.0 Å². The Morgan fingerprint density at radius 2 is 2.17 bits per heavy atom. The van der Waals surface area contributed by atoms with Crippen LogP contribution < -0.4 is 11.1 Å². The molecule has 1 fully saturated rings. The molecule has 0 aliphatic heterocycles. The Kier molecular flexibility index (Phi) is 3.88. The third-order valence-electron chi connectivity index (χ3n) is 3.44. The average molecular weight is 268 g/mol. The lowest BCUT2D eigenvalue weighted by molar-refractivity contribution is -0.117. The number of nitrogens with one attached hydrogen (secondary N) is 1. The van der Waals surface area contributed by atoms with E-state index < -0.39 is 0 Å². The fourth-order valence-electron chi connectivity index (χ4n) is 2.43. The van der Waals surface area contributed by atoms with Gasteiger partial charge in [-0.1, -0.05) is 24.4 Å². The van der Waals surface area contributed by atoms with Crippen molar-refractivity contribution in [2.45, 2.75) is 44.6 Å². The average Bonchev–Trinajstić information content (AvgIpc) is 2.69. The number of hydrogen-bond acceptors (Lipinski definition) is 3. The zero-order valence-corrected chi connectivity index (χ0v) is 11.3. The van der Waals surface area contributed by atoms with Crippen LogP contribution in [0.1, 0.15) is 37.8 Å². The van der Waals surface area contributed by atoms with E-state index in [2.05, 4.69) is 10.3 Å². The first-order valence-electron chi connectivity index (χ1n) is 6.20. The molecule has 1 heterocycles. The Bertz CT molecular complexity index is 456. The molecule has 0 aromatic carbocycles. The minimum atomic E-state index is -0.322. The van der Waals surface area contributed by atoms with Crippen molar-refractivity contribution in [3.63, 3.8) is 0 Å². The fourth-order valence-corrected chi connectivity index (χ4v) is 2.62. The van der Waals surface area contributed by atoms with Crippen LogP contribution in [0.3, 0.4) is 0 Å². The van der Waals surface area contributed by atoms with Crippen LogP contribution in [0.25, 0.3) is 0 Å². The molecule has 0 atom stereocenters. The summed E-state index contributed by atoms with van der Waals surface area (Å²) in [6, 6.07) is 3.43. The van der Waals surface area contributed by atoms with Crippen LogP contribution in [0.4, 0.5) is 5.69 Å². The minimum absolute atomic E-state index is 0.0494. The van der Waals surface area contributed by atoms with E-state index in [9.17, 15) is 4.79 Å². The standard InChI is InChI=1S/C13H18ClN3O/c1-9-10(4-5-11(14)16-9)17-12(18)8-13(15)6-2-3-7-13/h4-5H,2-3,6-8,15H2,1H3,(H,17,18). The van der Waals surface area contributed by atoms with Crippen LogP contribution in [0.2, 0.25) is 5.15 Å². The monoisotopic (exact) mass is 267 g/mol. The second kappa shape index (κ2) is 5.24. The number of pyridine rings is 1. The number of aryl methyl sites for hydroxylation is 1. The Morgan fingerprint density at radius 1 is 1.50 bits per heavy atom. The number of nitrogens with two attached hydrogens (primary N) is 1. The van der Waals surface area contributed by atoms with Crippen molar-refractivity contribution in [3.05, 3.63) is 23.0 Å². The summed E-state index contributed by atoms with van der Waals surface area (Å²) in [7, 11) is 0. The number of aromatic nitrogens is 1. The van der Waals surface area contributed by atoms with Crippen LogP contribution in [0, 0.1) is 6.92 Å². The summed E-state index contributed by atoms with van der Waals surface area (Å²) >= 11 is 5.77. The van der Waals surface area contributed by atoms with Crippen LogP contribution in [-0.4, -0.2) is 16.4 Å². The normalized spacial score (nSPS) is 17.7. The highest BCUT2D eigenvalue weighted by molar-refractivity contribution is 6.29. The summed E-state index contributed by atoms with van der Waals surface area (Å²) in [5.74, 6) is -0.0494. The van der Waals surface area contributed by atoms with Crippen molar-refractivity contribution in [1.29, 1.82) is 0 Å². The SMILES string of the molecule is Cc1nc(Cl)ccc1NC(=O)CC1(N)CCCC1. The molecule has 1 amide bonds. The molecule has 5 heteroatoms. The lowest BCUT2D eigenvalue weighted by Crippen LogP contribution is -2.40. The maximum atomic E-state index is 12.0. The molecule has 3 N–H and O–H groups in total.